The van der Waals surface area contributed by atoms with Crippen LogP contribution in [0.1, 0.15) is 18.0 Å². The summed E-state index contributed by atoms with van der Waals surface area (Å²) < 4.78 is 46.9. The van der Waals surface area contributed by atoms with Crippen molar-refractivity contribution in [2.45, 2.75) is 19.1 Å². The van der Waals surface area contributed by atoms with E-state index in [9.17, 15) is 22.8 Å². The van der Waals surface area contributed by atoms with Gasteiger partial charge in [-0.3, -0.25) is 9.59 Å². The van der Waals surface area contributed by atoms with Gasteiger partial charge in [0, 0.05) is 5.56 Å². The zero-order chi connectivity index (χ0) is 16.7. The van der Waals surface area contributed by atoms with E-state index in [1.165, 1.54) is 0 Å². The minimum absolute atomic E-state index is 0.189. The van der Waals surface area contributed by atoms with Crippen LogP contribution < -0.4 is 15.8 Å². The lowest BCUT2D eigenvalue weighted by molar-refractivity contribution is -0.141. The molecule has 0 fully saturated rings. The van der Waals surface area contributed by atoms with Crippen molar-refractivity contribution in [3.63, 3.8) is 0 Å². The Morgan fingerprint density at radius 1 is 1.36 bits per heavy atom. The lowest BCUT2D eigenvalue weighted by atomic mass is 10.0. The fourth-order valence-electron chi connectivity index (χ4n) is 1.71. The zero-order valence-electron chi connectivity index (χ0n) is 11.6. The molecule has 1 atom stereocenters. The zero-order valence-corrected chi connectivity index (χ0v) is 11.6. The maximum Gasteiger partial charge on any atom is 0.387 e. The van der Waals surface area contributed by atoms with Gasteiger partial charge < -0.3 is 20.5 Å². The monoisotopic (exact) mass is 320 g/mol. The number of hydrogen-bond acceptors (Lipinski definition) is 5. The SMILES string of the molecule is COC(=O)C[C@H](NC(=O)CN)c1cc(OC(F)F)ccc1F. The number of halogens is 3. The number of benzene rings is 1. The number of methoxy groups -OCH3 is 1. The summed E-state index contributed by atoms with van der Waals surface area (Å²) >= 11 is 0. The Bertz CT molecular complexity index is 522. The number of carbonyl (C=O) groups excluding carboxylic acids is 2. The number of nitrogens with one attached hydrogen (secondary N) is 1. The van der Waals surface area contributed by atoms with Crippen LogP contribution in [0.3, 0.4) is 0 Å². The molecule has 0 bridgehead atoms. The van der Waals surface area contributed by atoms with Crippen LogP contribution in [0.2, 0.25) is 0 Å². The molecule has 0 heterocycles. The summed E-state index contributed by atoms with van der Waals surface area (Å²) in [6.45, 7) is -3.47. The first-order chi connectivity index (χ1) is 10.4. The quantitative estimate of drug-likeness (QED) is 0.734. The molecule has 22 heavy (non-hydrogen) atoms. The molecule has 0 unspecified atom stereocenters. The number of ether oxygens (including phenoxy) is 2. The third kappa shape index (κ3) is 5.24. The summed E-state index contributed by atoms with van der Waals surface area (Å²) in [6, 6.07) is 1.76. The van der Waals surface area contributed by atoms with Crippen molar-refractivity contribution >= 4 is 11.9 Å². The molecule has 122 valence electrons. The van der Waals surface area contributed by atoms with E-state index >= 15 is 0 Å². The summed E-state index contributed by atoms with van der Waals surface area (Å²) in [5, 5.41) is 2.32. The van der Waals surface area contributed by atoms with E-state index in [-0.39, 0.29) is 17.9 Å². The standard InChI is InChI=1S/C13H15F3N2O4/c1-21-12(20)5-10(18-11(19)6-17)8-4-7(22-13(15)16)2-3-9(8)14/h2-4,10,13H,5-6,17H2,1H3,(H,18,19)/t10-/m0/s1. The predicted molar refractivity (Wildman–Crippen MR) is 69.6 cm³/mol. The van der Waals surface area contributed by atoms with Crippen molar-refractivity contribution in [1.82, 2.24) is 5.32 Å². The smallest absolute Gasteiger partial charge is 0.387 e. The van der Waals surface area contributed by atoms with Gasteiger partial charge in [0.05, 0.1) is 26.1 Å². The van der Waals surface area contributed by atoms with Gasteiger partial charge in [0.25, 0.3) is 0 Å². The van der Waals surface area contributed by atoms with Crippen molar-refractivity contribution in [3.05, 3.63) is 29.6 Å². The van der Waals surface area contributed by atoms with Gasteiger partial charge in [-0.05, 0) is 18.2 Å². The largest absolute Gasteiger partial charge is 0.469 e. The highest BCUT2D eigenvalue weighted by Gasteiger charge is 2.22. The molecule has 3 N–H and O–H groups in total. The number of nitrogens with two attached hydrogens (primary N) is 1. The first kappa shape index (κ1) is 17.8. The summed E-state index contributed by atoms with van der Waals surface area (Å²) in [6.07, 6.45) is -0.392. The van der Waals surface area contributed by atoms with Gasteiger partial charge in [-0.2, -0.15) is 8.78 Å². The van der Waals surface area contributed by atoms with E-state index in [1.807, 2.05) is 0 Å². The summed E-state index contributed by atoms with van der Waals surface area (Å²) in [5.41, 5.74) is 4.96. The van der Waals surface area contributed by atoms with Crippen LogP contribution in [-0.2, 0) is 14.3 Å². The highest BCUT2D eigenvalue weighted by atomic mass is 19.3. The van der Waals surface area contributed by atoms with Crippen LogP contribution in [0.25, 0.3) is 0 Å². The maximum atomic E-state index is 13.9. The Morgan fingerprint density at radius 2 is 2.05 bits per heavy atom. The Hall–Kier alpha value is -2.29. The van der Waals surface area contributed by atoms with E-state index in [0.29, 0.717) is 0 Å². The van der Waals surface area contributed by atoms with Crippen molar-refractivity contribution in [3.8, 4) is 5.75 Å². The fraction of sp³-hybridized carbons (Fsp3) is 0.385. The molecule has 1 aromatic carbocycles. The molecule has 0 aromatic heterocycles. The first-order valence-electron chi connectivity index (χ1n) is 6.17. The molecule has 0 aliphatic carbocycles. The molecule has 1 rings (SSSR count). The Morgan fingerprint density at radius 3 is 2.59 bits per heavy atom. The fourth-order valence-corrected chi connectivity index (χ4v) is 1.71. The molecule has 1 amide bonds. The molecule has 9 heteroatoms. The number of rotatable bonds is 7. The average Bonchev–Trinajstić information content (AvgIpc) is 2.47. The Balaban J connectivity index is 3.10. The second kappa shape index (κ2) is 8.23. The minimum atomic E-state index is -3.09. The first-order valence-corrected chi connectivity index (χ1v) is 6.17. The number of alkyl halides is 2. The van der Waals surface area contributed by atoms with E-state index in [0.717, 1.165) is 25.3 Å². The van der Waals surface area contributed by atoms with Gasteiger partial charge in [0.15, 0.2) is 0 Å². The molecule has 0 radical (unpaired) electrons. The second-order valence-corrected chi connectivity index (χ2v) is 4.17. The average molecular weight is 320 g/mol. The van der Waals surface area contributed by atoms with Crippen LogP contribution in [0.15, 0.2) is 18.2 Å². The van der Waals surface area contributed by atoms with Gasteiger partial charge in [0.1, 0.15) is 11.6 Å². The molecule has 6 nitrogen and oxygen atoms in total. The maximum absolute atomic E-state index is 13.9. The molecule has 0 aliphatic rings. The molecular formula is C13H15F3N2O4. The Labute approximate surface area is 124 Å². The molecule has 1 aromatic rings. The normalized spacial score (nSPS) is 11.9. The minimum Gasteiger partial charge on any atom is -0.469 e. The predicted octanol–water partition coefficient (Wildman–Crippen LogP) is 1.11. The molecular weight excluding hydrogens is 305 g/mol. The summed E-state index contributed by atoms with van der Waals surface area (Å²) in [5.74, 6) is -2.47. The van der Waals surface area contributed by atoms with E-state index in [4.69, 9.17) is 5.73 Å². The van der Waals surface area contributed by atoms with E-state index in [2.05, 4.69) is 14.8 Å². The summed E-state index contributed by atoms with van der Waals surface area (Å²) in [4.78, 5) is 22.7. The van der Waals surface area contributed by atoms with Crippen LogP contribution in [0, 0.1) is 5.82 Å². The van der Waals surface area contributed by atoms with Crippen LogP contribution in [0.4, 0.5) is 13.2 Å². The number of amides is 1. The molecule has 0 aliphatic heterocycles. The topological polar surface area (TPSA) is 90.7 Å². The molecule has 0 saturated heterocycles. The summed E-state index contributed by atoms with van der Waals surface area (Å²) in [7, 11) is 1.12. The van der Waals surface area contributed by atoms with Gasteiger partial charge >= 0.3 is 12.6 Å². The van der Waals surface area contributed by atoms with Crippen LogP contribution in [0.5, 0.6) is 5.75 Å². The number of hydrogen-bond donors (Lipinski definition) is 2. The van der Waals surface area contributed by atoms with Gasteiger partial charge in [-0.25, -0.2) is 4.39 Å². The van der Waals surface area contributed by atoms with Crippen molar-refractivity contribution in [2.24, 2.45) is 5.73 Å². The van der Waals surface area contributed by atoms with Crippen LogP contribution in [-0.4, -0.2) is 32.1 Å². The van der Waals surface area contributed by atoms with Gasteiger partial charge in [-0.15, -0.1) is 0 Å². The molecule has 0 spiro atoms. The lowest BCUT2D eigenvalue weighted by Crippen LogP contribution is -2.35. The van der Waals surface area contributed by atoms with Crippen molar-refractivity contribution in [2.75, 3.05) is 13.7 Å². The molecule has 0 saturated carbocycles. The highest BCUT2D eigenvalue weighted by Crippen LogP contribution is 2.26. The third-order valence-corrected chi connectivity index (χ3v) is 2.69. The third-order valence-electron chi connectivity index (χ3n) is 2.69. The van der Waals surface area contributed by atoms with Gasteiger partial charge in [0.2, 0.25) is 5.91 Å². The van der Waals surface area contributed by atoms with E-state index < -0.39 is 36.8 Å². The Kier molecular flexibility index (Phi) is 6.64. The van der Waals surface area contributed by atoms with Gasteiger partial charge in [-0.1, -0.05) is 0 Å². The van der Waals surface area contributed by atoms with Crippen molar-refractivity contribution in [1.29, 1.82) is 0 Å². The lowest BCUT2D eigenvalue weighted by Gasteiger charge is -2.19. The van der Waals surface area contributed by atoms with E-state index in [1.54, 1.807) is 0 Å². The highest BCUT2D eigenvalue weighted by molar-refractivity contribution is 5.79. The second-order valence-electron chi connectivity index (χ2n) is 4.17. The number of carbonyl (C=O) groups is 2. The van der Waals surface area contributed by atoms with Crippen LogP contribution >= 0.6 is 0 Å². The number of esters is 1. The van der Waals surface area contributed by atoms with Crippen molar-refractivity contribution < 1.29 is 32.2 Å².